The molecule has 0 saturated heterocycles. The molecule has 21 heavy (non-hydrogen) atoms. The molecule has 0 aromatic heterocycles. The van der Waals surface area contributed by atoms with Gasteiger partial charge in [-0.1, -0.05) is 23.2 Å². The first-order valence-electron chi connectivity index (χ1n) is 6.31. The van der Waals surface area contributed by atoms with Gasteiger partial charge in [-0.15, -0.1) is 0 Å². The van der Waals surface area contributed by atoms with E-state index < -0.39 is 9.84 Å². The predicted molar refractivity (Wildman–Crippen MR) is 84.7 cm³/mol. The van der Waals surface area contributed by atoms with E-state index in [4.69, 9.17) is 23.2 Å². The minimum Gasteiger partial charge on any atom is -0.355 e. The van der Waals surface area contributed by atoms with Gasteiger partial charge in [0.2, 0.25) is 5.91 Å². The first kappa shape index (κ1) is 18.2. The molecule has 0 bridgehead atoms. The van der Waals surface area contributed by atoms with Crippen LogP contribution in [0.1, 0.15) is 6.42 Å². The molecule has 0 unspecified atom stereocenters. The van der Waals surface area contributed by atoms with E-state index in [0.717, 1.165) is 0 Å². The topological polar surface area (TPSA) is 66.5 Å². The molecule has 118 valence electrons. The van der Waals surface area contributed by atoms with Crippen LogP contribution in [0.15, 0.2) is 23.1 Å². The van der Waals surface area contributed by atoms with Crippen molar-refractivity contribution in [2.24, 2.45) is 0 Å². The summed E-state index contributed by atoms with van der Waals surface area (Å²) >= 11 is 11.5. The van der Waals surface area contributed by atoms with Crippen LogP contribution >= 0.6 is 23.2 Å². The second-order valence-electron chi connectivity index (χ2n) is 4.80. The van der Waals surface area contributed by atoms with Crippen molar-refractivity contribution in [2.45, 2.75) is 11.3 Å². The van der Waals surface area contributed by atoms with E-state index in [2.05, 4.69) is 5.32 Å². The van der Waals surface area contributed by atoms with Crippen molar-refractivity contribution in [3.8, 4) is 0 Å². The van der Waals surface area contributed by atoms with Crippen molar-refractivity contribution in [2.75, 3.05) is 32.9 Å². The summed E-state index contributed by atoms with van der Waals surface area (Å²) < 4.78 is 24.2. The number of halogens is 2. The highest BCUT2D eigenvalue weighted by Crippen LogP contribution is 2.25. The third kappa shape index (κ3) is 6.22. The van der Waals surface area contributed by atoms with Gasteiger partial charge in [-0.2, -0.15) is 0 Å². The molecule has 1 N–H and O–H groups in total. The SMILES string of the molecule is CN(C)CCNC(=O)CCS(=O)(=O)c1ccc(Cl)c(Cl)c1. The standard InChI is InChI=1S/C13H18Cl2N2O3S/c1-17(2)7-6-16-13(18)5-8-21(19,20)10-3-4-11(14)12(15)9-10/h3-4,9H,5-8H2,1-2H3,(H,16,18). The maximum absolute atomic E-state index is 12.1. The van der Waals surface area contributed by atoms with Crippen molar-refractivity contribution in [1.82, 2.24) is 10.2 Å². The van der Waals surface area contributed by atoms with Crippen LogP contribution in [0.3, 0.4) is 0 Å². The highest BCUT2D eigenvalue weighted by molar-refractivity contribution is 7.91. The Morgan fingerprint density at radius 2 is 1.90 bits per heavy atom. The number of hydrogen-bond donors (Lipinski definition) is 1. The van der Waals surface area contributed by atoms with Gasteiger partial charge in [-0.3, -0.25) is 4.79 Å². The number of amides is 1. The fourth-order valence-electron chi connectivity index (χ4n) is 1.52. The molecule has 0 heterocycles. The number of nitrogens with one attached hydrogen (secondary N) is 1. The molecule has 0 aliphatic rings. The fourth-order valence-corrected chi connectivity index (χ4v) is 3.15. The smallest absolute Gasteiger partial charge is 0.221 e. The van der Waals surface area contributed by atoms with Crippen molar-refractivity contribution < 1.29 is 13.2 Å². The zero-order valence-corrected chi connectivity index (χ0v) is 14.2. The van der Waals surface area contributed by atoms with Crippen LogP contribution in [0.5, 0.6) is 0 Å². The predicted octanol–water partition coefficient (Wildman–Crippen LogP) is 1.83. The molecule has 1 rings (SSSR count). The van der Waals surface area contributed by atoms with Gasteiger partial charge in [0, 0.05) is 19.5 Å². The summed E-state index contributed by atoms with van der Waals surface area (Å²) in [5, 5.41) is 3.13. The summed E-state index contributed by atoms with van der Waals surface area (Å²) in [6.07, 6.45) is -0.0873. The summed E-state index contributed by atoms with van der Waals surface area (Å²) in [6, 6.07) is 4.10. The molecule has 0 spiro atoms. The van der Waals surface area contributed by atoms with Crippen LogP contribution < -0.4 is 5.32 Å². The van der Waals surface area contributed by atoms with Crippen molar-refractivity contribution in [3.63, 3.8) is 0 Å². The molecule has 1 aromatic carbocycles. The Labute approximate surface area is 135 Å². The van der Waals surface area contributed by atoms with E-state index in [1.807, 2.05) is 19.0 Å². The number of carbonyl (C=O) groups is 1. The Morgan fingerprint density at radius 3 is 2.48 bits per heavy atom. The summed E-state index contributed by atoms with van der Waals surface area (Å²) in [6.45, 7) is 1.18. The van der Waals surface area contributed by atoms with Crippen LogP contribution in [0.25, 0.3) is 0 Å². The Balaban J connectivity index is 2.56. The van der Waals surface area contributed by atoms with E-state index >= 15 is 0 Å². The number of benzene rings is 1. The Morgan fingerprint density at radius 1 is 1.24 bits per heavy atom. The summed E-state index contributed by atoms with van der Waals surface area (Å²) in [5.41, 5.74) is 0. The average molecular weight is 353 g/mol. The summed E-state index contributed by atoms with van der Waals surface area (Å²) in [5.74, 6) is -0.556. The molecular weight excluding hydrogens is 335 g/mol. The number of sulfone groups is 1. The molecule has 1 amide bonds. The van der Waals surface area contributed by atoms with Gasteiger partial charge in [0.1, 0.15) is 0 Å². The molecule has 0 saturated carbocycles. The molecule has 0 aliphatic heterocycles. The van der Waals surface area contributed by atoms with E-state index in [0.29, 0.717) is 13.1 Å². The molecule has 8 heteroatoms. The maximum Gasteiger partial charge on any atom is 0.221 e. The molecule has 1 aromatic rings. The second-order valence-corrected chi connectivity index (χ2v) is 7.72. The van der Waals surface area contributed by atoms with Gasteiger partial charge >= 0.3 is 0 Å². The highest BCUT2D eigenvalue weighted by Gasteiger charge is 2.17. The van der Waals surface area contributed by atoms with Gasteiger partial charge in [0.05, 0.1) is 20.7 Å². The number of rotatable bonds is 7. The van der Waals surface area contributed by atoms with Crippen LogP contribution in [-0.2, 0) is 14.6 Å². The van der Waals surface area contributed by atoms with Crippen molar-refractivity contribution >= 4 is 38.9 Å². The summed E-state index contributed by atoms with van der Waals surface area (Å²) in [4.78, 5) is 13.6. The van der Waals surface area contributed by atoms with Gasteiger partial charge < -0.3 is 10.2 Å². The maximum atomic E-state index is 12.1. The zero-order chi connectivity index (χ0) is 16.0. The van der Waals surface area contributed by atoms with Crippen LogP contribution in [0.4, 0.5) is 0 Å². The first-order valence-corrected chi connectivity index (χ1v) is 8.72. The molecule has 0 fully saturated rings. The third-order valence-electron chi connectivity index (χ3n) is 2.73. The van der Waals surface area contributed by atoms with Crippen LogP contribution in [0, 0.1) is 0 Å². The normalized spacial score (nSPS) is 11.7. The van der Waals surface area contributed by atoms with Crippen molar-refractivity contribution in [1.29, 1.82) is 0 Å². The monoisotopic (exact) mass is 352 g/mol. The van der Waals surface area contributed by atoms with E-state index in [1.165, 1.54) is 18.2 Å². The lowest BCUT2D eigenvalue weighted by atomic mass is 10.4. The van der Waals surface area contributed by atoms with Gasteiger partial charge in [0.15, 0.2) is 9.84 Å². The minimum absolute atomic E-state index is 0.0676. The van der Waals surface area contributed by atoms with Gasteiger partial charge in [0.25, 0.3) is 0 Å². The fraction of sp³-hybridized carbons (Fsp3) is 0.462. The molecule has 0 radical (unpaired) electrons. The molecule has 5 nitrogen and oxygen atoms in total. The number of hydrogen-bond acceptors (Lipinski definition) is 4. The van der Waals surface area contributed by atoms with E-state index in [-0.39, 0.29) is 33.0 Å². The average Bonchev–Trinajstić information content (AvgIpc) is 2.39. The third-order valence-corrected chi connectivity index (χ3v) is 5.18. The molecule has 0 aliphatic carbocycles. The largest absolute Gasteiger partial charge is 0.355 e. The number of nitrogens with zero attached hydrogens (tertiary/aromatic N) is 1. The Bertz CT molecular complexity index is 603. The zero-order valence-electron chi connectivity index (χ0n) is 11.9. The van der Waals surface area contributed by atoms with Crippen molar-refractivity contribution in [3.05, 3.63) is 28.2 Å². The second kappa shape index (κ2) is 7.98. The van der Waals surface area contributed by atoms with Crippen LogP contribution in [0.2, 0.25) is 10.0 Å². The van der Waals surface area contributed by atoms with Gasteiger partial charge in [-0.25, -0.2) is 8.42 Å². The lowest BCUT2D eigenvalue weighted by molar-refractivity contribution is -0.120. The molecular formula is C13H18Cl2N2O3S. The lowest BCUT2D eigenvalue weighted by Gasteiger charge is -2.10. The van der Waals surface area contributed by atoms with E-state index in [9.17, 15) is 13.2 Å². The minimum atomic E-state index is -3.55. The summed E-state index contributed by atoms with van der Waals surface area (Å²) in [7, 11) is 0.229. The number of likely N-dealkylation sites (N-methyl/N-ethyl adjacent to an activating group) is 1. The highest BCUT2D eigenvalue weighted by atomic mass is 35.5. The first-order chi connectivity index (χ1) is 9.72. The molecule has 0 atom stereocenters. The lowest BCUT2D eigenvalue weighted by Crippen LogP contribution is -2.32. The van der Waals surface area contributed by atoms with Gasteiger partial charge in [-0.05, 0) is 32.3 Å². The quantitative estimate of drug-likeness (QED) is 0.812. The Kier molecular flexibility index (Phi) is 6.93. The number of carbonyl (C=O) groups excluding carboxylic acids is 1. The Hall–Kier alpha value is -0.820. The van der Waals surface area contributed by atoms with Crippen LogP contribution in [-0.4, -0.2) is 52.2 Å². The van der Waals surface area contributed by atoms with E-state index in [1.54, 1.807) is 0 Å².